The zero-order valence-corrected chi connectivity index (χ0v) is 18.1. The number of sulfonamides is 1. The van der Waals surface area contributed by atoms with Crippen molar-refractivity contribution in [3.63, 3.8) is 0 Å². The van der Waals surface area contributed by atoms with Crippen molar-refractivity contribution in [1.82, 2.24) is 4.72 Å². The maximum atomic E-state index is 13.0. The monoisotopic (exact) mass is 412 g/mol. The van der Waals surface area contributed by atoms with E-state index in [-0.39, 0.29) is 29.1 Å². The Kier molecular flexibility index (Phi) is 6.62. The van der Waals surface area contributed by atoms with Crippen LogP contribution in [-0.2, 0) is 16.4 Å². The van der Waals surface area contributed by atoms with Crippen LogP contribution in [0.5, 0.6) is 5.75 Å². The Morgan fingerprint density at radius 3 is 2.54 bits per heavy atom. The van der Waals surface area contributed by atoms with Gasteiger partial charge in [-0.1, -0.05) is 0 Å². The molecular weight excluding hydrogens is 380 g/mol. The van der Waals surface area contributed by atoms with Gasteiger partial charge in [-0.3, -0.25) is 4.99 Å². The van der Waals surface area contributed by atoms with Crippen LogP contribution >= 0.6 is 0 Å². The lowest BCUT2D eigenvalue weighted by Crippen LogP contribution is -2.37. The number of nitrogens with zero attached hydrogens (tertiary/aromatic N) is 1. The lowest BCUT2D eigenvalue weighted by molar-refractivity contribution is 0.137. The van der Waals surface area contributed by atoms with Crippen LogP contribution in [0.3, 0.4) is 0 Å². The Morgan fingerprint density at radius 2 is 1.93 bits per heavy atom. The maximum absolute atomic E-state index is 13.0. The van der Waals surface area contributed by atoms with Gasteiger partial charge in [-0.15, -0.1) is 0 Å². The number of aliphatic hydroxyl groups is 1. The Morgan fingerprint density at radius 1 is 1.29 bits per heavy atom. The number of nitrogens with one attached hydrogen (secondary N) is 1. The fourth-order valence-corrected chi connectivity index (χ4v) is 5.04. The Hall–Kier alpha value is -1.84. The third-order valence-electron chi connectivity index (χ3n) is 5.05. The highest BCUT2D eigenvalue weighted by Gasteiger charge is 2.36. The molecule has 1 aromatic carbocycles. The summed E-state index contributed by atoms with van der Waals surface area (Å²) in [4.78, 5) is 4.29. The smallest absolute Gasteiger partial charge is 0.264 e. The van der Waals surface area contributed by atoms with Crippen LogP contribution in [0.2, 0.25) is 0 Å². The Bertz CT molecular complexity index is 879. The van der Waals surface area contributed by atoms with Gasteiger partial charge in [0.05, 0.1) is 11.5 Å². The number of benzene rings is 1. The number of hydrogen-bond donors (Lipinski definition) is 4. The first-order valence-electron chi connectivity index (χ1n) is 9.40. The van der Waals surface area contributed by atoms with E-state index in [0.717, 1.165) is 16.9 Å². The average molecular weight is 413 g/mol. The molecule has 1 aliphatic heterocycles. The summed E-state index contributed by atoms with van der Waals surface area (Å²) in [6, 6.07) is -0.306. The molecule has 8 nitrogen and oxygen atoms in total. The number of nitrogens with two attached hydrogens (primary N) is 2. The number of ether oxygens (including phenoxy) is 1. The summed E-state index contributed by atoms with van der Waals surface area (Å²) in [6.07, 6.45) is 1.83. The van der Waals surface area contributed by atoms with Crippen molar-refractivity contribution in [3.8, 4) is 5.75 Å². The molecule has 0 aromatic heterocycles. The van der Waals surface area contributed by atoms with E-state index >= 15 is 0 Å². The summed E-state index contributed by atoms with van der Waals surface area (Å²) in [5.74, 6) is 0.618. The highest BCUT2D eigenvalue weighted by atomic mass is 32.2. The highest BCUT2D eigenvalue weighted by Crippen LogP contribution is 2.43. The van der Waals surface area contributed by atoms with E-state index in [1.807, 2.05) is 20.8 Å². The van der Waals surface area contributed by atoms with Crippen molar-refractivity contribution in [2.45, 2.75) is 70.4 Å². The maximum Gasteiger partial charge on any atom is 0.264 e. The molecule has 1 aromatic rings. The van der Waals surface area contributed by atoms with E-state index in [2.05, 4.69) is 9.71 Å². The number of rotatable bonds is 7. The first kappa shape index (κ1) is 22.4. The predicted molar refractivity (Wildman–Crippen MR) is 110 cm³/mol. The van der Waals surface area contributed by atoms with Crippen molar-refractivity contribution >= 4 is 16.0 Å². The van der Waals surface area contributed by atoms with Gasteiger partial charge in [0.1, 0.15) is 11.4 Å². The predicted octanol–water partition coefficient (Wildman–Crippen LogP) is 1.02. The molecule has 158 valence electrons. The van der Waals surface area contributed by atoms with E-state index < -0.39 is 10.0 Å². The molecule has 0 aliphatic carbocycles. The molecule has 0 saturated heterocycles. The minimum atomic E-state index is -3.89. The molecule has 28 heavy (non-hydrogen) atoms. The summed E-state index contributed by atoms with van der Waals surface area (Å²) >= 11 is 0. The van der Waals surface area contributed by atoms with E-state index in [0.29, 0.717) is 36.9 Å². The van der Waals surface area contributed by atoms with Crippen molar-refractivity contribution in [1.29, 1.82) is 0 Å². The van der Waals surface area contributed by atoms with E-state index in [1.54, 1.807) is 13.8 Å². The van der Waals surface area contributed by atoms with Gasteiger partial charge in [0.2, 0.25) is 5.96 Å². The van der Waals surface area contributed by atoms with Gasteiger partial charge < -0.3 is 21.3 Å². The first-order valence-corrected chi connectivity index (χ1v) is 10.9. The average Bonchev–Trinajstić information content (AvgIpc) is 2.92. The molecule has 1 aliphatic rings. The van der Waals surface area contributed by atoms with E-state index in [9.17, 15) is 8.42 Å². The Balaban J connectivity index is 2.26. The molecule has 0 unspecified atom stereocenters. The van der Waals surface area contributed by atoms with Crippen LogP contribution < -0.4 is 20.9 Å². The lowest BCUT2D eigenvalue weighted by Gasteiger charge is -2.19. The van der Waals surface area contributed by atoms with Gasteiger partial charge in [0, 0.05) is 24.6 Å². The second kappa shape index (κ2) is 8.26. The van der Waals surface area contributed by atoms with Gasteiger partial charge in [-0.05, 0) is 64.2 Å². The molecule has 0 amide bonds. The number of aliphatic hydroxyl groups excluding tert-OH is 1. The first-order chi connectivity index (χ1) is 12.9. The van der Waals surface area contributed by atoms with Crippen LogP contribution in [0.4, 0.5) is 0 Å². The molecule has 6 N–H and O–H groups in total. The molecule has 2 rings (SSSR count). The van der Waals surface area contributed by atoms with Gasteiger partial charge in [0.15, 0.2) is 0 Å². The van der Waals surface area contributed by atoms with Crippen LogP contribution in [-0.4, -0.2) is 44.3 Å². The Labute approximate surface area is 167 Å². The molecular formula is C19H32N4O4S. The minimum absolute atomic E-state index is 0.0947. The number of fused-ring (bicyclic) bond motifs is 1. The molecule has 0 saturated carbocycles. The number of guanidine groups is 1. The summed E-state index contributed by atoms with van der Waals surface area (Å²) in [5.41, 5.74) is 14.1. The highest BCUT2D eigenvalue weighted by molar-refractivity contribution is 7.90. The van der Waals surface area contributed by atoms with Gasteiger partial charge in [-0.2, -0.15) is 0 Å². The second-order valence-corrected chi connectivity index (χ2v) is 9.63. The molecule has 0 fully saturated rings. The van der Waals surface area contributed by atoms with Crippen LogP contribution in [0.1, 0.15) is 48.9 Å². The molecule has 1 heterocycles. The summed E-state index contributed by atoms with van der Waals surface area (Å²) in [6.45, 7) is 9.65. The topological polar surface area (TPSA) is 140 Å². The molecule has 1 atom stereocenters. The fraction of sp³-hybridized carbons (Fsp3) is 0.632. The van der Waals surface area contributed by atoms with Crippen molar-refractivity contribution in [2.24, 2.45) is 16.5 Å². The molecule has 0 spiro atoms. The zero-order valence-electron chi connectivity index (χ0n) is 17.3. The number of aliphatic imine (C=N–C) groups is 1. The van der Waals surface area contributed by atoms with E-state index in [4.69, 9.17) is 21.3 Å². The van der Waals surface area contributed by atoms with Gasteiger partial charge in [-0.25, -0.2) is 13.1 Å². The van der Waals surface area contributed by atoms with Gasteiger partial charge in [0.25, 0.3) is 10.0 Å². The van der Waals surface area contributed by atoms with Crippen molar-refractivity contribution in [2.75, 3.05) is 13.2 Å². The van der Waals surface area contributed by atoms with E-state index in [1.165, 1.54) is 0 Å². The quantitative estimate of drug-likeness (QED) is 0.299. The molecule has 0 radical (unpaired) electrons. The fourth-order valence-electron chi connectivity index (χ4n) is 3.51. The van der Waals surface area contributed by atoms with Crippen LogP contribution in [0.15, 0.2) is 9.89 Å². The summed E-state index contributed by atoms with van der Waals surface area (Å²) in [5, 5.41) is 8.91. The van der Waals surface area contributed by atoms with Crippen LogP contribution in [0.25, 0.3) is 0 Å². The summed E-state index contributed by atoms with van der Waals surface area (Å²) in [7, 11) is -3.89. The SMILES string of the molecule is Cc1c(C)c(S(=O)(=O)NC(N)=NCCC[C@H](N)CO)c(C)c2c1OC(C)(C)C2. The normalized spacial score (nSPS) is 17.2. The standard InChI is InChI=1S/C19H32N4O4S/c1-11-12(2)17(13(3)15-9-19(4,5)27-16(11)15)28(25,26)23-18(21)22-8-6-7-14(20)10-24/h14,24H,6-10,20H2,1-5H3,(H3,21,22,23)/t14-/m0/s1. The molecule has 9 heteroatoms. The third-order valence-corrected chi connectivity index (χ3v) is 6.68. The van der Waals surface area contributed by atoms with Crippen LogP contribution in [0, 0.1) is 20.8 Å². The molecule has 0 bridgehead atoms. The third kappa shape index (κ3) is 4.76. The second-order valence-electron chi connectivity index (χ2n) is 8.01. The minimum Gasteiger partial charge on any atom is -0.487 e. The zero-order chi connectivity index (χ0) is 21.3. The van der Waals surface area contributed by atoms with Crippen molar-refractivity contribution < 1.29 is 18.3 Å². The van der Waals surface area contributed by atoms with Gasteiger partial charge >= 0.3 is 0 Å². The largest absolute Gasteiger partial charge is 0.487 e. The summed E-state index contributed by atoms with van der Waals surface area (Å²) < 4.78 is 34.4. The lowest BCUT2D eigenvalue weighted by atomic mass is 9.94. The number of hydrogen-bond acceptors (Lipinski definition) is 6. The van der Waals surface area contributed by atoms with Crippen molar-refractivity contribution in [3.05, 3.63) is 22.3 Å².